The fourth-order valence-electron chi connectivity index (χ4n) is 3.88. The van der Waals surface area contributed by atoms with Crippen molar-refractivity contribution in [2.24, 2.45) is 0 Å². The van der Waals surface area contributed by atoms with Crippen LogP contribution in [0.2, 0.25) is 5.02 Å². The van der Waals surface area contributed by atoms with Gasteiger partial charge in [0, 0.05) is 24.0 Å². The molecular weight excluding hydrogens is 452 g/mol. The molecule has 1 saturated heterocycles. The van der Waals surface area contributed by atoms with Gasteiger partial charge < -0.3 is 14.5 Å². The highest BCUT2D eigenvalue weighted by atomic mass is 35.5. The van der Waals surface area contributed by atoms with Gasteiger partial charge in [0.25, 0.3) is 5.91 Å². The summed E-state index contributed by atoms with van der Waals surface area (Å²) in [5.41, 5.74) is 0.933. The topological polar surface area (TPSA) is 88.9 Å². The van der Waals surface area contributed by atoms with E-state index in [2.05, 4.69) is 5.32 Å². The van der Waals surface area contributed by atoms with Crippen molar-refractivity contribution in [2.45, 2.75) is 43.9 Å². The Labute approximate surface area is 192 Å². The third-order valence-electron chi connectivity index (χ3n) is 5.42. The quantitative estimate of drug-likeness (QED) is 0.590. The molecule has 9 heteroatoms. The highest BCUT2D eigenvalue weighted by Crippen LogP contribution is 2.29. The van der Waals surface area contributed by atoms with Crippen LogP contribution < -0.4 is 5.32 Å². The maximum atomic E-state index is 13.3. The van der Waals surface area contributed by atoms with Gasteiger partial charge in [-0.2, -0.15) is 4.31 Å². The lowest BCUT2D eigenvalue weighted by Crippen LogP contribution is -2.48. The van der Waals surface area contributed by atoms with Gasteiger partial charge in [0.1, 0.15) is 16.2 Å². The van der Waals surface area contributed by atoms with Crippen LogP contribution in [0.1, 0.15) is 42.9 Å². The molecule has 4 rings (SSSR count). The number of ether oxygens (including phenoxy) is 1. The van der Waals surface area contributed by atoms with E-state index in [1.165, 1.54) is 22.5 Å². The van der Waals surface area contributed by atoms with E-state index in [0.717, 1.165) is 11.0 Å². The molecule has 7 nitrogen and oxygen atoms in total. The van der Waals surface area contributed by atoms with Gasteiger partial charge in [0.15, 0.2) is 0 Å². The number of nitrogens with zero attached hydrogens (tertiary/aromatic N) is 1. The molecule has 1 aliphatic rings. The number of halogens is 1. The second-order valence-corrected chi connectivity index (χ2v) is 10.4. The lowest BCUT2D eigenvalue weighted by molar-refractivity contribution is -0.0440. The van der Waals surface area contributed by atoms with E-state index in [4.69, 9.17) is 20.8 Å². The Bertz CT molecular complexity index is 1210. The number of rotatable bonds is 5. The normalized spacial score (nSPS) is 20.9. The number of amides is 1. The molecule has 170 valence electrons. The number of hydrogen-bond acceptors (Lipinski definition) is 5. The summed E-state index contributed by atoms with van der Waals surface area (Å²) in [5.74, 6) is 0.187. The number of hydrogen-bond donors (Lipinski definition) is 1. The van der Waals surface area contributed by atoms with Crippen LogP contribution in [0.3, 0.4) is 0 Å². The molecule has 2 heterocycles. The van der Waals surface area contributed by atoms with Crippen LogP contribution >= 0.6 is 11.6 Å². The van der Waals surface area contributed by atoms with E-state index < -0.39 is 22.0 Å². The predicted molar refractivity (Wildman–Crippen MR) is 122 cm³/mol. The molecular formula is C23H25ClN2O5S. The fraction of sp³-hybridized carbons (Fsp3) is 0.348. The molecule has 0 bridgehead atoms. The third-order valence-corrected chi connectivity index (χ3v) is 7.73. The molecule has 2 aromatic carbocycles. The molecule has 1 aliphatic heterocycles. The van der Waals surface area contributed by atoms with Gasteiger partial charge in [-0.1, -0.05) is 29.8 Å². The minimum Gasteiger partial charge on any atom is -0.459 e. The summed E-state index contributed by atoms with van der Waals surface area (Å²) in [5, 5.41) is 3.87. The van der Waals surface area contributed by atoms with Gasteiger partial charge in [0.2, 0.25) is 10.0 Å². The van der Waals surface area contributed by atoms with Crippen LogP contribution in [0, 0.1) is 0 Å². The molecule has 1 fully saturated rings. The number of carbonyl (C=O) groups is 1. The molecule has 0 spiro atoms. The number of morpholine rings is 1. The lowest BCUT2D eigenvalue weighted by Gasteiger charge is -2.34. The Morgan fingerprint density at radius 2 is 1.81 bits per heavy atom. The van der Waals surface area contributed by atoms with Crippen molar-refractivity contribution in [1.82, 2.24) is 9.62 Å². The van der Waals surface area contributed by atoms with E-state index in [9.17, 15) is 13.2 Å². The highest BCUT2D eigenvalue weighted by Gasteiger charge is 2.34. The van der Waals surface area contributed by atoms with Crippen LogP contribution in [0.15, 0.2) is 57.8 Å². The SMILES string of the molecule is CC1CN(S(=O)(=O)c2cc(C(=O)NC(C)c3cc4ccccc4o3)ccc2Cl)CC(C)O1. The molecule has 3 atom stereocenters. The van der Waals surface area contributed by atoms with Crippen LogP contribution in [0.25, 0.3) is 11.0 Å². The predicted octanol–water partition coefficient (Wildman–Crippen LogP) is 4.38. The molecule has 1 aromatic heterocycles. The molecule has 1 amide bonds. The van der Waals surface area contributed by atoms with Gasteiger partial charge in [0.05, 0.1) is 23.3 Å². The van der Waals surface area contributed by atoms with Crippen LogP contribution in [0.5, 0.6) is 0 Å². The van der Waals surface area contributed by atoms with Gasteiger partial charge in [-0.3, -0.25) is 4.79 Å². The van der Waals surface area contributed by atoms with E-state index in [1.54, 1.807) is 6.92 Å². The van der Waals surface area contributed by atoms with Crippen LogP contribution in [-0.4, -0.2) is 43.9 Å². The third kappa shape index (κ3) is 4.54. The van der Waals surface area contributed by atoms with Gasteiger partial charge in [-0.05, 0) is 51.1 Å². The summed E-state index contributed by atoms with van der Waals surface area (Å²) in [6.45, 7) is 5.90. The number of benzene rings is 2. The van der Waals surface area contributed by atoms with Crippen molar-refractivity contribution in [2.75, 3.05) is 13.1 Å². The van der Waals surface area contributed by atoms with Crippen molar-refractivity contribution in [3.8, 4) is 0 Å². The average Bonchev–Trinajstić information content (AvgIpc) is 3.17. The van der Waals surface area contributed by atoms with Crippen molar-refractivity contribution < 1.29 is 22.4 Å². The molecule has 0 saturated carbocycles. The van der Waals surface area contributed by atoms with Crippen molar-refractivity contribution in [3.05, 3.63) is 64.9 Å². The molecule has 3 aromatic rings. The van der Waals surface area contributed by atoms with Crippen LogP contribution in [-0.2, 0) is 14.8 Å². The Morgan fingerprint density at radius 1 is 1.12 bits per heavy atom. The summed E-state index contributed by atoms with van der Waals surface area (Å²) in [4.78, 5) is 12.8. The number of fused-ring (bicyclic) bond motifs is 1. The van der Waals surface area contributed by atoms with Crippen molar-refractivity contribution in [1.29, 1.82) is 0 Å². The molecule has 0 aliphatic carbocycles. The number of carbonyl (C=O) groups excluding carboxylic acids is 1. The van der Waals surface area contributed by atoms with E-state index >= 15 is 0 Å². The van der Waals surface area contributed by atoms with Crippen LogP contribution in [0.4, 0.5) is 0 Å². The zero-order valence-electron chi connectivity index (χ0n) is 18.0. The first-order valence-corrected chi connectivity index (χ1v) is 12.2. The first-order valence-electron chi connectivity index (χ1n) is 10.4. The van der Waals surface area contributed by atoms with Crippen molar-refractivity contribution in [3.63, 3.8) is 0 Å². The molecule has 0 radical (unpaired) electrons. The number of furan rings is 1. The maximum absolute atomic E-state index is 13.3. The summed E-state index contributed by atoms with van der Waals surface area (Å²) in [6, 6.07) is 13.3. The Balaban J connectivity index is 1.56. The van der Waals surface area contributed by atoms with Gasteiger partial charge >= 0.3 is 0 Å². The summed E-state index contributed by atoms with van der Waals surface area (Å²) in [7, 11) is -3.89. The number of nitrogens with one attached hydrogen (secondary N) is 1. The smallest absolute Gasteiger partial charge is 0.251 e. The van der Waals surface area contributed by atoms with E-state index in [0.29, 0.717) is 5.76 Å². The second-order valence-electron chi connectivity index (χ2n) is 8.11. The second kappa shape index (κ2) is 8.86. The first-order chi connectivity index (χ1) is 15.1. The minimum atomic E-state index is -3.89. The number of sulfonamides is 1. The molecule has 32 heavy (non-hydrogen) atoms. The first kappa shape index (κ1) is 22.8. The highest BCUT2D eigenvalue weighted by molar-refractivity contribution is 7.89. The Hall–Kier alpha value is -2.39. The van der Waals surface area contributed by atoms with E-state index in [1.807, 2.05) is 44.2 Å². The summed E-state index contributed by atoms with van der Waals surface area (Å²) < 4.78 is 39.3. The number of para-hydroxylation sites is 1. The van der Waals surface area contributed by atoms with Crippen molar-refractivity contribution >= 4 is 38.5 Å². The largest absolute Gasteiger partial charge is 0.459 e. The Kier molecular flexibility index (Phi) is 6.31. The minimum absolute atomic E-state index is 0.0682. The zero-order chi connectivity index (χ0) is 23.0. The maximum Gasteiger partial charge on any atom is 0.251 e. The monoisotopic (exact) mass is 476 g/mol. The summed E-state index contributed by atoms with van der Waals surface area (Å²) >= 11 is 6.24. The Morgan fingerprint density at radius 3 is 2.50 bits per heavy atom. The zero-order valence-corrected chi connectivity index (χ0v) is 19.6. The molecule has 1 N–H and O–H groups in total. The molecule has 3 unspecified atom stereocenters. The summed E-state index contributed by atoms with van der Waals surface area (Å²) in [6.07, 6.45) is -0.466. The fourth-order valence-corrected chi connectivity index (χ4v) is 5.97. The van der Waals surface area contributed by atoms with E-state index in [-0.39, 0.29) is 40.8 Å². The average molecular weight is 477 g/mol. The standard InChI is InChI=1S/C23H25ClN2O5S/c1-14-12-26(13-15(2)30-14)32(28,29)22-11-18(8-9-19(22)24)23(27)25-16(3)21-10-17-6-4-5-7-20(17)31-21/h4-11,14-16H,12-13H2,1-3H3,(H,25,27). The lowest BCUT2D eigenvalue weighted by atomic mass is 10.1. The van der Waals surface area contributed by atoms with Gasteiger partial charge in [-0.15, -0.1) is 0 Å². The van der Waals surface area contributed by atoms with Gasteiger partial charge in [-0.25, -0.2) is 8.42 Å².